The first-order valence-electron chi connectivity index (χ1n) is 9.82. The summed E-state index contributed by atoms with van der Waals surface area (Å²) in [4.78, 5) is 36.6. The minimum atomic E-state index is -0.318. The molecule has 1 aromatic carbocycles. The number of aryl methyl sites for hydroxylation is 1. The number of benzene rings is 1. The molecule has 2 aromatic heterocycles. The number of carbonyl (C=O) groups excluding carboxylic acids is 1. The molecule has 2 N–H and O–H groups in total. The SMILES string of the molecule is COc1ccc([C@H](NC(=O)Cc2c(C)nc(-c3cccnc3)[nH]c2=O)C(C)C)cc1. The minimum Gasteiger partial charge on any atom is -0.497 e. The number of aromatic amines is 1. The third-order valence-corrected chi connectivity index (χ3v) is 4.95. The van der Waals surface area contributed by atoms with Crippen molar-refractivity contribution in [3.8, 4) is 17.1 Å². The molecule has 0 saturated heterocycles. The molecule has 3 rings (SSSR count). The van der Waals surface area contributed by atoms with Crippen molar-refractivity contribution in [1.82, 2.24) is 20.3 Å². The Bertz CT molecular complexity index is 1060. The Morgan fingerprint density at radius 2 is 1.93 bits per heavy atom. The maximum absolute atomic E-state index is 12.8. The zero-order valence-corrected chi connectivity index (χ0v) is 17.6. The summed E-state index contributed by atoms with van der Waals surface area (Å²) in [5, 5.41) is 3.05. The van der Waals surface area contributed by atoms with E-state index in [1.165, 1.54) is 0 Å². The van der Waals surface area contributed by atoms with Gasteiger partial charge in [-0.3, -0.25) is 14.6 Å². The number of H-pyrrole nitrogens is 1. The summed E-state index contributed by atoms with van der Waals surface area (Å²) in [5.74, 6) is 1.14. The molecule has 3 aromatic rings. The molecule has 0 fully saturated rings. The van der Waals surface area contributed by atoms with E-state index in [9.17, 15) is 9.59 Å². The summed E-state index contributed by atoms with van der Waals surface area (Å²) in [6.45, 7) is 5.82. The molecule has 7 heteroatoms. The Morgan fingerprint density at radius 1 is 1.20 bits per heavy atom. The van der Waals surface area contributed by atoms with Gasteiger partial charge in [-0.25, -0.2) is 4.98 Å². The van der Waals surface area contributed by atoms with Crippen LogP contribution in [0.5, 0.6) is 5.75 Å². The predicted molar refractivity (Wildman–Crippen MR) is 115 cm³/mol. The molecule has 30 heavy (non-hydrogen) atoms. The van der Waals surface area contributed by atoms with Gasteiger partial charge >= 0.3 is 0 Å². The lowest BCUT2D eigenvalue weighted by Gasteiger charge is -2.23. The fraction of sp³-hybridized carbons (Fsp3) is 0.304. The van der Waals surface area contributed by atoms with Crippen molar-refractivity contribution < 1.29 is 9.53 Å². The Kier molecular flexibility index (Phi) is 6.61. The molecule has 0 saturated carbocycles. The first kappa shape index (κ1) is 21.2. The molecule has 156 valence electrons. The van der Waals surface area contributed by atoms with E-state index in [4.69, 9.17) is 4.74 Å². The second kappa shape index (κ2) is 9.35. The third kappa shape index (κ3) is 4.92. The van der Waals surface area contributed by atoms with Crippen molar-refractivity contribution in [1.29, 1.82) is 0 Å². The minimum absolute atomic E-state index is 0.0408. The summed E-state index contributed by atoms with van der Waals surface area (Å²) in [5.41, 5.74) is 2.26. The molecule has 2 heterocycles. The zero-order valence-electron chi connectivity index (χ0n) is 17.6. The first-order valence-corrected chi connectivity index (χ1v) is 9.82. The number of pyridine rings is 1. The van der Waals surface area contributed by atoms with E-state index in [1.54, 1.807) is 32.5 Å². The molecule has 7 nitrogen and oxygen atoms in total. The first-order chi connectivity index (χ1) is 14.4. The summed E-state index contributed by atoms with van der Waals surface area (Å²) in [6.07, 6.45) is 3.24. The normalized spacial score (nSPS) is 11.9. The van der Waals surface area contributed by atoms with E-state index in [1.807, 2.05) is 44.2 Å². The second-order valence-corrected chi connectivity index (χ2v) is 7.46. The van der Waals surface area contributed by atoms with Gasteiger partial charge in [-0.05, 0) is 42.7 Å². The standard InChI is InChI=1S/C23H26N4O3/c1-14(2)21(16-7-9-18(30-4)10-8-16)26-20(28)12-19-15(3)25-22(27-23(19)29)17-6-5-11-24-13-17/h5-11,13-14,21H,12H2,1-4H3,(H,26,28)(H,25,27,29)/t21-/m1/s1. The largest absolute Gasteiger partial charge is 0.497 e. The van der Waals surface area contributed by atoms with Gasteiger partial charge in [0.15, 0.2) is 0 Å². The topological polar surface area (TPSA) is 97.0 Å². The van der Waals surface area contributed by atoms with Crippen molar-refractivity contribution in [3.63, 3.8) is 0 Å². The number of amides is 1. The van der Waals surface area contributed by atoms with Crippen LogP contribution >= 0.6 is 0 Å². The lowest BCUT2D eigenvalue weighted by molar-refractivity contribution is -0.121. The molecule has 0 unspecified atom stereocenters. The van der Waals surface area contributed by atoms with Crippen LogP contribution < -0.4 is 15.6 Å². The lowest BCUT2D eigenvalue weighted by Crippen LogP contribution is -2.34. The smallest absolute Gasteiger partial charge is 0.255 e. The molecule has 0 bridgehead atoms. The number of hydrogen-bond acceptors (Lipinski definition) is 5. The van der Waals surface area contributed by atoms with Crippen molar-refractivity contribution in [2.24, 2.45) is 5.92 Å². The summed E-state index contributed by atoms with van der Waals surface area (Å²) in [6, 6.07) is 11.0. The van der Waals surface area contributed by atoms with E-state index in [0.717, 1.165) is 11.3 Å². The van der Waals surface area contributed by atoms with Gasteiger partial charge in [0.1, 0.15) is 11.6 Å². The van der Waals surface area contributed by atoms with Crippen LogP contribution in [0.3, 0.4) is 0 Å². The van der Waals surface area contributed by atoms with E-state index in [0.29, 0.717) is 22.6 Å². The number of nitrogens with zero attached hydrogens (tertiary/aromatic N) is 2. The van der Waals surface area contributed by atoms with Crippen LogP contribution in [0.1, 0.15) is 36.7 Å². The molecule has 0 spiro atoms. The lowest BCUT2D eigenvalue weighted by atomic mass is 9.95. The van der Waals surface area contributed by atoms with Gasteiger partial charge in [-0.2, -0.15) is 0 Å². The molecule has 0 aliphatic rings. The fourth-order valence-corrected chi connectivity index (χ4v) is 3.29. The van der Waals surface area contributed by atoms with Crippen LogP contribution in [-0.2, 0) is 11.2 Å². The molecular formula is C23H26N4O3. The highest BCUT2D eigenvalue weighted by molar-refractivity contribution is 5.79. The molecule has 1 atom stereocenters. The average Bonchev–Trinajstić information content (AvgIpc) is 2.75. The summed E-state index contributed by atoms with van der Waals surface area (Å²) in [7, 11) is 1.62. The number of ether oxygens (including phenoxy) is 1. The monoisotopic (exact) mass is 406 g/mol. The van der Waals surface area contributed by atoms with Gasteiger partial charge < -0.3 is 15.0 Å². The van der Waals surface area contributed by atoms with Gasteiger partial charge in [-0.15, -0.1) is 0 Å². The van der Waals surface area contributed by atoms with Gasteiger partial charge in [0.2, 0.25) is 5.91 Å². The highest BCUT2D eigenvalue weighted by Gasteiger charge is 2.20. The Morgan fingerprint density at radius 3 is 2.50 bits per heavy atom. The van der Waals surface area contributed by atoms with Crippen LogP contribution in [0.25, 0.3) is 11.4 Å². The number of rotatable bonds is 7. The van der Waals surface area contributed by atoms with Crippen LogP contribution in [0.2, 0.25) is 0 Å². The van der Waals surface area contributed by atoms with Crippen LogP contribution in [-0.4, -0.2) is 28.0 Å². The predicted octanol–water partition coefficient (Wildman–Crippen LogP) is 3.20. The Balaban J connectivity index is 1.78. The number of methoxy groups -OCH3 is 1. The van der Waals surface area contributed by atoms with Crippen molar-refractivity contribution in [2.75, 3.05) is 7.11 Å². The van der Waals surface area contributed by atoms with E-state index >= 15 is 0 Å². The number of nitrogens with one attached hydrogen (secondary N) is 2. The molecule has 0 radical (unpaired) electrons. The van der Waals surface area contributed by atoms with E-state index in [-0.39, 0.29) is 29.8 Å². The average molecular weight is 406 g/mol. The molecular weight excluding hydrogens is 380 g/mol. The number of hydrogen-bond donors (Lipinski definition) is 2. The number of aromatic nitrogens is 3. The van der Waals surface area contributed by atoms with Crippen molar-refractivity contribution in [2.45, 2.75) is 33.2 Å². The fourth-order valence-electron chi connectivity index (χ4n) is 3.29. The highest BCUT2D eigenvalue weighted by atomic mass is 16.5. The summed E-state index contributed by atoms with van der Waals surface area (Å²) < 4.78 is 5.20. The van der Waals surface area contributed by atoms with E-state index in [2.05, 4.69) is 20.3 Å². The molecule has 0 aliphatic heterocycles. The maximum atomic E-state index is 12.8. The molecule has 1 amide bonds. The Labute approximate surface area is 175 Å². The van der Waals surface area contributed by atoms with Crippen molar-refractivity contribution in [3.05, 3.63) is 76.0 Å². The molecule has 0 aliphatic carbocycles. The van der Waals surface area contributed by atoms with E-state index < -0.39 is 0 Å². The highest BCUT2D eigenvalue weighted by Crippen LogP contribution is 2.24. The van der Waals surface area contributed by atoms with Gasteiger partial charge in [-0.1, -0.05) is 26.0 Å². The summed E-state index contributed by atoms with van der Waals surface area (Å²) >= 11 is 0. The van der Waals surface area contributed by atoms with Gasteiger partial charge in [0, 0.05) is 29.2 Å². The zero-order chi connectivity index (χ0) is 21.7. The quantitative estimate of drug-likeness (QED) is 0.628. The van der Waals surface area contributed by atoms with Crippen molar-refractivity contribution >= 4 is 5.91 Å². The maximum Gasteiger partial charge on any atom is 0.255 e. The Hall–Kier alpha value is -3.48. The van der Waals surface area contributed by atoms with Crippen LogP contribution in [0, 0.1) is 12.8 Å². The number of carbonyl (C=O) groups is 1. The van der Waals surface area contributed by atoms with Crippen LogP contribution in [0.15, 0.2) is 53.6 Å². The second-order valence-electron chi connectivity index (χ2n) is 7.46. The third-order valence-electron chi connectivity index (χ3n) is 4.95. The van der Waals surface area contributed by atoms with Gasteiger partial charge in [0.25, 0.3) is 5.56 Å². The van der Waals surface area contributed by atoms with Crippen LogP contribution in [0.4, 0.5) is 0 Å². The van der Waals surface area contributed by atoms with Gasteiger partial charge in [0.05, 0.1) is 19.6 Å².